The highest BCUT2D eigenvalue weighted by Crippen LogP contribution is 2.39. The number of imide groups is 1. The summed E-state index contributed by atoms with van der Waals surface area (Å²) in [6, 6.07) is 4.19. The van der Waals surface area contributed by atoms with E-state index in [0.29, 0.717) is 27.6 Å². The molecule has 2 heterocycles. The normalized spacial score (nSPS) is 19.3. The van der Waals surface area contributed by atoms with Gasteiger partial charge in [0.25, 0.3) is 11.8 Å². The van der Waals surface area contributed by atoms with Crippen molar-refractivity contribution < 1.29 is 28.7 Å². The minimum atomic E-state index is -1.39. The number of primary amides is 1. The summed E-state index contributed by atoms with van der Waals surface area (Å²) in [7, 11) is 2.96. The molecule has 1 saturated heterocycles. The molecule has 4 rings (SSSR count). The summed E-state index contributed by atoms with van der Waals surface area (Å²) in [5.41, 5.74) is 5.80. The molecule has 1 aliphatic carbocycles. The van der Waals surface area contributed by atoms with E-state index in [1.165, 1.54) is 25.6 Å². The average Bonchev–Trinajstić information content (AvgIpc) is 3.41. The van der Waals surface area contributed by atoms with Gasteiger partial charge in [0.15, 0.2) is 11.5 Å². The SMILES string of the molecule is COc1ccc([C@]2(C)NC(=O)N(CC(=O)Nc3sc4c(c3C(N)=O)CCC4)C2=O)cc1OC. The van der Waals surface area contributed by atoms with Gasteiger partial charge >= 0.3 is 6.03 Å². The average molecular weight is 473 g/mol. The molecular formula is C22H24N4O6S. The Hall–Kier alpha value is -3.60. The molecule has 5 amide bonds. The quantitative estimate of drug-likeness (QED) is 0.525. The highest BCUT2D eigenvalue weighted by atomic mass is 32.1. The van der Waals surface area contributed by atoms with Crippen LogP contribution < -0.4 is 25.8 Å². The number of hydrogen-bond acceptors (Lipinski definition) is 7. The molecule has 0 radical (unpaired) electrons. The van der Waals surface area contributed by atoms with Gasteiger partial charge in [-0.1, -0.05) is 6.07 Å². The van der Waals surface area contributed by atoms with Gasteiger partial charge in [-0.25, -0.2) is 4.79 Å². The Balaban J connectivity index is 1.53. The second-order valence-corrected chi connectivity index (χ2v) is 9.10. The number of carbonyl (C=O) groups excluding carboxylic acids is 4. The van der Waals surface area contributed by atoms with Gasteiger partial charge < -0.3 is 25.8 Å². The topological polar surface area (TPSA) is 140 Å². The minimum Gasteiger partial charge on any atom is -0.493 e. The standard InChI is InChI=1S/C22H24N4O6S/c1-22(11-7-8-13(31-2)14(9-11)32-3)20(29)26(21(30)25-22)10-16(27)24-19-17(18(23)28)12-5-4-6-15(12)33-19/h7-9H,4-6,10H2,1-3H3,(H2,23,28)(H,24,27)(H,25,30)/t22-/m0/s1. The van der Waals surface area contributed by atoms with Gasteiger partial charge in [-0.05, 0) is 49.4 Å². The van der Waals surface area contributed by atoms with Crippen LogP contribution in [0.4, 0.5) is 9.80 Å². The van der Waals surface area contributed by atoms with Crippen molar-refractivity contribution in [3.63, 3.8) is 0 Å². The lowest BCUT2D eigenvalue weighted by molar-refractivity contribution is -0.133. The number of hydrogen-bond donors (Lipinski definition) is 3. The van der Waals surface area contributed by atoms with Gasteiger partial charge in [-0.3, -0.25) is 19.3 Å². The molecule has 33 heavy (non-hydrogen) atoms. The van der Waals surface area contributed by atoms with Crippen LogP contribution >= 0.6 is 11.3 Å². The Bertz CT molecular complexity index is 1180. The molecule has 1 aromatic carbocycles. The first-order valence-electron chi connectivity index (χ1n) is 10.3. The van der Waals surface area contributed by atoms with E-state index < -0.39 is 35.8 Å². The summed E-state index contributed by atoms with van der Waals surface area (Å²) in [6.45, 7) is 1.05. The predicted octanol–water partition coefficient (Wildman–Crippen LogP) is 1.76. The van der Waals surface area contributed by atoms with Crippen molar-refractivity contribution in [3.05, 3.63) is 39.8 Å². The number of rotatable bonds is 7. The fourth-order valence-electron chi connectivity index (χ4n) is 4.25. The van der Waals surface area contributed by atoms with Crippen LogP contribution in [0.5, 0.6) is 11.5 Å². The summed E-state index contributed by atoms with van der Waals surface area (Å²) in [5, 5.41) is 5.67. The zero-order valence-electron chi connectivity index (χ0n) is 18.4. The number of carbonyl (C=O) groups is 4. The summed E-state index contributed by atoms with van der Waals surface area (Å²) < 4.78 is 10.5. The maximum Gasteiger partial charge on any atom is 0.325 e. The van der Waals surface area contributed by atoms with Crippen LogP contribution in [0, 0.1) is 0 Å². The van der Waals surface area contributed by atoms with Gasteiger partial charge in [0.2, 0.25) is 5.91 Å². The third-order valence-electron chi connectivity index (χ3n) is 5.96. The second kappa shape index (κ2) is 8.39. The number of aryl methyl sites for hydroxylation is 1. The molecule has 1 aromatic heterocycles. The number of amides is 5. The maximum absolute atomic E-state index is 13.2. The Morgan fingerprint density at radius 3 is 2.61 bits per heavy atom. The number of nitrogens with zero attached hydrogens (tertiary/aromatic N) is 1. The Labute approximate surface area is 194 Å². The predicted molar refractivity (Wildman–Crippen MR) is 121 cm³/mol. The second-order valence-electron chi connectivity index (χ2n) is 7.99. The van der Waals surface area contributed by atoms with E-state index in [2.05, 4.69) is 10.6 Å². The van der Waals surface area contributed by atoms with E-state index in [4.69, 9.17) is 15.2 Å². The van der Waals surface area contributed by atoms with Gasteiger partial charge in [-0.15, -0.1) is 11.3 Å². The number of nitrogens with one attached hydrogen (secondary N) is 2. The molecule has 1 aliphatic heterocycles. The molecule has 4 N–H and O–H groups in total. The zero-order chi connectivity index (χ0) is 23.9. The van der Waals surface area contributed by atoms with Crippen LogP contribution in [0.2, 0.25) is 0 Å². The Kier molecular flexibility index (Phi) is 5.75. The van der Waals surface area contributed by atoms with Gasteiger partial charge in [0.1, 0.15) is 17.1 Å². The molecule has 10 nitrogen and oxygen atoms in total. The minimum absolute atomic E-state index is 0.313. The molecule has 0 saturated carbocycles. The molecular weight excluding hydrogens is 448 g/mol. The number of ether oxygens (including phenoxy) is 2. The molecule has 1 fully saturated rings. The monoisotopic (exact) mass is 472 g/mol. The summed E-state index contributed by atoms with van der Waals surface area (Å²) >= 11 is 1.31. The molecule has 2 aromatic rings. The zero-order valence-corrected chi connectivity index (χ0v) is 19.3. The highest BCUT2D eigenvalue weighted by Gasteiger charge is 2.49. The van der Waals surface area contributed by atoms with E-state index >= 15 is 0 Å². The van der Waals surface area contributed by atoms with Crippen molar-refractivity contribution >= 4 is 40.1 Å². The van der Waals surface area contributed by atoms with Gasteiger partial charge in [0.05, 0.1) is 19.8 Å². The van der Waals surface area contributed by atoms with Crippen molar-refractivity contribution in [3.8, 4) is 11.5 Å². The van der Waals surface area contributed by atoms with Crippen LogP contribution in [0.1, 0.15) is 39.7 Å². The van der Waals surface area contributed by atoms with Crippen molar-refractivity contribution in [2.24, 2.45) is 5.73 Å². The van der Waals surface area contributed by atoms with Crippen molar-refractivity contribution in [1.29, 1.82) is 0 Å². The molecule has 2 aliphatic rings. The summed E-state index contributed by atoms with van der Waals surface area (Å²) in [5.74, 6) is -0.915. The molecule has 0 unspecified atom stereocenters. The fraction of sp³-hybridized carbons (Fsp3) is 0.364. The highest BCUT2D eigenvalue weighted by molar-refractivity contribution is 7.17. The van der Waals surface area contributed by atoms with Crippen LogP contribution in [0.3, 0.4) is 0 Å². The number of thiophene rings is 1. The lowest BCUT2D eigenvalue weighted by Crippen LogP contribution is -2.42. The Morgan fingerprint density at radius 2 is 1.94 bits per heavy atom. The first-order valence-corrected chi connectivity index (χ1v) is 11.1. The van der Waals surface area contributed by atoms with Crippen LogP contribution in [0.25, 0.3) is 0 Å². The summed E-state index contributed by atoms with van der Waals surface area (Å²) in [4.78, 5) is 52.3. The number of anilines is 1. The molecule has 0 spiro atoms. The van der Waals surface area contributed by atoms with E-state index in [1.807, 2.05) is 0 Å². The van der Waals surface area contributed by atoms with Crippen molar-refractivity contribution in [2.45, 2.75) is 31.7 Å². The molecule has 174 valence electrons. The number of urea groups is 1. The van der Waals surface area contributed by atoms with Crippen LogP contribution in [0.15, 0.2) is 18.2 Å². The van der Waals surface area contributed by atoms with E-state index in [-0.39, 0.29) is 0 Å². The molecule has 0 bridgehead atoms. The van der Waals surface area contributed by atoms with Crippen LogP contribution in [-0.4, -0.2) is 49.4 Å². The van der Waals surface area contributed by atoms with E-state index in [1.54, 1.807) is 25.1 Å². The Morgan fingerprint density at radius 1 is 1.21 bits per heavy atom. The van der Waals surface area contributed by atoms with Crippen molar-refractivity contribution in [1.82, 2.24) is 10.2 Å². The van der Waals surface area contributed by atoms with Crippen molar-refractivity contribution in [2.75, 3.05) is 26.1 Å². The van der Waals surface area contributed by atoms with Gasteiger partial charge in [-0.2, -0.15) is 0 Å². The first kappa shape index (κ1) is 22.6. The molecule has 11 heteroatoms. The number of fused-ring (bicyclic) bond motifs is 1. The van der Waals surface area contributed by atoms with E-state index in [9.17, 15) is 19.2 Å². The first-order chi connectivity index (χ1) is 15.7. The lowest BCUT2D eigenvalue weighted by Gasteiger charge is -2.23. The number of nitrogens with two attached hydrogens (primary N) is 1. The lowest BCUT2D eigenvalue weighted by atomic mass is 9.91. The third kappa shape index (κ3) is 3.78. The number of methoxy groups -OCH3 is 2. The maximum atomic E-state index is 13.2. The van der Waals surface area contributed by atoms with Crippen LogP contribution in [-0.2, 0) is 28.0 Å². The smallest absolute Gasteiger partial charge is 0.325 e. The number of benzene rings is 1. The fourth-order valence-corrected chi connectivity index (χ4v) is 5.56. The largest absolute Gasteiger partial charge is 0.493 e. The third-order valence-corrected chi connectivity index (χ3v) is 7.17. The van der Waals surface area contributed by atoms with Gasteiger partial charge in [0, 0.05) is 4.88 Å². The molecule has 1 atom stereocenters. The summed E-state index contributed by atoms with van der Waals surface area (Å²) in [6.07, 6.45) is 2.50. The van der Waals surface area contributed by atoms with E-state index in [0.717, 1.165) is 34.6 Å².